The fraction of sp³-hybridized carbons (Fsp3) is 0.318. The summed E-state index contributed by atoms with van der Waals surface area (Å²) in [6, 6.07) is 17.7. The number of nitrogens with one attached hydrogen (secondary N) is 1. The summed E-state index contributed by atoms with van der Waals surface area (Å²) in [5, 5.41) is 2.76. The molecule has 28 heavy (non-hydrogen) atoms. The van der Waals surface area contributed by atoms with Crippen molar-refractivity contribution in [2.75, 3.05) is 6.54 Å². The molecule has 1 saturated heterocycles. The van der Waals surface area contributed by atoms with Crippen LogP contribution in [-0.2, 0) is 27.4 Å². The Morgan fingerprint density at radius 3 is 2.36 bits per heavy atom. The van der Waals surface area contributed by atoms with E-state index in [4.69, 9.17) is 4.74 Å². The van der Waals surface area contributed by atoms with Crippen LogP contribution in [-0.4, -0.2) is 41.8 Å². The molecule has 6 nitrogen and oxygen atoms in total. The van der Waals surface area contributed by atoms with E-state index in [0.717, 1.165) is 23.8 Å². The number of nitrogens with zero attached hydrogens (tertiary/aromatic N) is 1. The van der Waals surface area contributed by atoms with Gasteiger partial charge < -0.3 is 14.8 Å². The highest BCUT2D eigenvalue weighted by Gasteiger charge is 2.35. The zero-order chi connectivity index (χ0) is 19.8. The van der Waals surface area contributed by atoms with Crippen molar-refractivity contribution in [3.8, 4) is 0 Å². The fourth-order valence-corrected chi connectivity index (χ4v) is 3.34. The molecular weight excluding hydrogens is 356 g/mol. The number of carbonyl (C=O) groups is 3. The molecule has 1 N–H and O–H groups in total. The smallest absolute Gasteiger partial charge is 0.410 e. The van der Waals surface area contributed by atoms with E-state index >= 15 is 0 Å². The third-order valence-electron chi connectivity index (χ3n) is 4.79. The standard InChI is InChI=1S/C22H24N2O4/c25-15-19(14-17-8-3-1-4-9-17)23-21(26)20-12-7-13-24(20)22(27)28-16-18-10-5-2-6-11-18/h1-6,8-11,15,19-20H,7,12-14,16H2,(H,23,26)/t19-,20-/m0/s1. The van der Waals surface area contributed by atoms with Gasteiger partial charge in [-0.05, 0) is 30.4 Å². The molecule has 146 valence electrons. The molecule has 2 aromatic carbocycles. The Labute approximate surface area is 164 Å². The molecule has 0 bridgehead atoms. The Balaban J connectivity index is 1.55. The number of amides is 2. The van der Waals surface area contributed by atoms with E-state index in [0.29, 0.717) is 19.4 Å². The summed E-state index contributed by atoms with van der Waals surface area (Å²) in [7, 11) is 0. The molecule has 1 heterocycles. The van der Waals surface area contributed by atoms with E-state index in [1.165, 1.54) is 4.90 Å². The number of carbonyl (C=O) groups excluding carboxylic acids is 3. The second-order valence-corrected chi connectivity index (χ2v) is 6.83. The van der Waals surface area contributed by atoms with Gasteiger partial charge in [0.15, 0.2) is 0 Å². The lowest BCUT2D eigenvalue weighted by molar-refractivity contribution is -0.127. The normalized spacial score (nSPS) is 17.0. The van der Waals surface area contributed by atoms with E-state index in [2.05, 4.69) is 5.32 Å². The van der Waals surface area contributed by atoms with Crippen LogP contribution in [0.2, 0.25) is 0 Å². The predicted octanol–water partition coefficient (Wildman–Crippen LogP) is 2.71. The maximum Gasteiger partial charge on any atom is 0.410 e. The molecule has 2 aromatic rings. The Morgan fingerprint density at radius 1 is 1.07 bits per heavy atom. The number of hydrogen-bond donors (Lipinski definition) is 1. The Bertz CT molecular complexity index is 795. The second kappa shape index (κ2) is 9.69. The lowest BCUT2D eigenvalue weighted by Gasteiger charge is -2.24. The highest BCUT2D eigenvalue weighted by Crippen LogP contribution is 2.19. The molecular formula is C22H24N2O4. The minimum absolute atomic E-state index is 0.162. The van der Waals surface area contributed by atoms with Gasteiger partial charge >= 0.3 is 6.09 Å². The molecule has 3 rings (SSSR count). The lowest BCUT2D eigenvalue weighted by atomic mass is 10.1. The maximum absolute atomic E-state index is 12.7. The summed E-state index contributed by atoms with van der Waals surface area (Å²) >= 11 is 0. The van der Waals surface area contributed by atoms with Crippen molar-refractivity contribution >= 4 is 18.3 Å². The number of ether oxygens (including phenoxy) is 1. The number of aldehydes is 1. The van der Waals surface area contributed by atoms with Crippen LogP contribution >= 0.6 is 0 Å². The van der Waals surface area contributed by atoms with E-state index in [1.54, 1.807) is 0 Å². The van der Waals surface area contributed by atoms with Gasteiger partial charge in [0.2, 0.25) is 5.91 Å². The molecule has 1 aliphatic heterocycles. The summed E-state index contributed by atoms with van der Waals surface area (Å²) in [6.45, 7) is 0.631. The third kappa shape index (κ3) is 5.19. The van der Waals surface area contributed by atoms with Crippen LogP contribution in [0.3, 0.4) is 0 Å². The average Bonchev–Trinajstić information content (AvgIpc) is 3.23. The van der Waals surface area contributed by atoms with Gasteiger partial charge in [0.1, 0.15) is 18.9 Å². The van der Waals surface area contributed by atoms with Crippen LogP contribution < -0.4 is 5.32 Å². The van der Waals surface area contributed by atoms with Crippen molar-refractivity contribution < 1.29 is 19.1 Å². The Kier molecular flexibility index (Phi) is 6.78. The van der Waals surface area contributed by atoms with Crippen LogP contribution in [0.4, 0.5) is 4.79 Å². The molecule has 0 aromatic heterocycles. The predicted molar refractivity (Wildman–Crippen MR) is 104 cm³/mol. The topological polar surface area (TPSA) is 75.7 Å². The van der Waals surface area contributed by atoms with Crippen LogP contribution in [0.5, 0.6) is 0 Å². The fourth-order valence-electron chi connectivity index (χ4n) is 3.34. The van der Waals surface area contributed by atoms with Gasteiger partial charge in [0.05, 0.1) is 6.04 Å². The van der Waals surface area contributed by atoms with Gasteiger partial charge in [-0.15, -0.1) is 0 Å². The van der Waals surface area contributed by atoms with Crippen molar-refractivity contribution in [2.24, 2.45) is 0 Å². The summed E-state index contributed by atoms with van der Waals surface area (Å²) in [4.78, 5) is 38.0. The summed E-state index contributed by atoms with van der Waals surface area (Å²) in [5.41, 5.74) is 1.85. The molecule has 0 unspecified atom stereocenters. The molecule has 0 aliphatic carbocycles. The summed E-state index contributed by atoms with van der Waals surface area (Å²) in [6.07, 6.45) is 1.93. The van der Waals surface area contributed by atoms with E-state index in [-0.39, 0.29) is 12.5 Å². The highest BCUT2D eigenvalue weighted by molar-refractivity contribution is 5.88. The highest BCUT2D eigenvalue weighted by atomic mass is 16.6. The van der Waals surface area contributed by atoms with Crippen LogP contribution in [0.1, 0.15) is 24.0 Å². The minimum atomic E-state index is -0.627. The van der Waals surface area contributed by atoms with Crippen molar-refractivity contribution in [1.29, 1.82) is 0 Å². The van der Waals surface area contributed by atoms with E-state index in [1.807, 2.05) is 60.7 Å². The minimum Gasteiger partial charge on any atom is -0.445 e. The lowest BCUT2D eigenvalue weighted by Crippen LogP contribution is -2.49. The second-order valence-electron chi connectivity index (χ2n) is 6.83. The largest absolute Gasteiger partial charge is 0.445 e. The van der Waals surface area contributed by atoms with Crippen LogP contribution in [0.25, 0.3) is 0 Å². The Morgan fingerprint density at radius 2 is 1.71 bits per heavy atom. The molecule has 0 radical (unpaired) electrons. The molecule has 1 fully saturated rings. The average molecular weight is 380 g/mol. The summed E-state index contributed by atoms with van der Waals surface area (Å²) in [5.74, 6) is -0.317. The number of rotatable bonds is 7. The molecule has 2 atom stereocenters. The van der Waals surface area contributed by atoms with E-state index in [9.17, 15) is 14.4 Å². The number of benzene rings is 2. The molecule has 2 amide bonds. The van der Waals surface area contributed by atoms with Crippen molar-refractivity contribution in [2.45, 2.75) is 38.0 Å². The zero-order valence-corrected chi connectivity index (χ0v) is 15.6. The van der Waals surface area contributed by atoms with Gasteiger partial charge in [-0.2, -0.15) is 0 Å². The van der Waals surface area contributed by atoms with Gasteiger partial charge in [-0.3, -0.25) is 9.69 Å². The van der Waals surface area contributed by atoms with Crippen LogP contribution in [0.15, 0.2) is 60.7 Å². The van der Waals surface area contributed by atoms with Crippen molar-refractivity contribution in [1.82, 2.24) is 10.2 Å². The number of hydrogen-bond acceptors (Lipinski definition) is 4. The molecule has 6 heteroatoms. The van der Waals surface area contributed by atoms with Gasteiger partial charge in [0.25, 0.3) is 0 Å². The van der Waals surface area contributed by atoms with Crippen molar-refractivity contribution in [3.05, 3.63) is 71.8 Å². The summed E-state index contributed by atoms with van der Waals surface area (Å²) < 4.78 is 5.36. The first kappa shape index (κ1) is 19.6. The van der Waals surface area contributed by atoms with Gasteiger partial charge in [-0.25, -0.2) is 4.79 Å². The number of likely N-dealkylation sites (tertiary alicyclic amines) is 1. The third-order valence-corrected chi connectivity index (χ3v) is 4.79. The maximum atomic E-state index is 12.7. The zero-order valence-electron chi connectivity index (χ0n) is 15.6. The monoisotopic (exact) mass is 380 g/mol. The Hall–Kier alpha value is -3.15. The first-order chi connectivity index (χ1) is 13.7. The van der Waals surface area contributed by atoms with E-state index < -0.39 is 18.2 Å². The van der Waals surface area contributed by atoms with Gasteiger partial charge in [-0.1, -0.05) is 60.7 Å². The van der Waals surface area contributed by atoms with Crippen LogP contribution in [0, 0.1) is 0 Å². The first-order valence-electron chi connectivity index (χ1n) is 9.44. The quantitative estimate of drug-likeness (QED) is 0.750. The van der Waals surface area contributed by atoms with Gasteiger partial charge in [0, 0.05) is 6.54 Å². The SMILES string of the molecule is O=C[C@H](Cc1ccccc1)NC(=O)[C@@H]1CCCN1C(=O)OCc1ccccc1. The first-order valence-corrected chi connectivity index (χ1v) is 9.44. The van der Waals surface area contributed by atoms with Crippen molar-refractivity contribution in [3.63, 3.8) is 0 Å². The molecule has 1 aliphatic rings. The molecule has 0 spiro atoms. The molecule has 0 saturated carbocycles.